The van der Waals surface area contributed by atoms with Crippen LogP contribution in [0.3, 0.4) is 0 Å². The molecule has 1 aromatic heterocycles. The first-order valence-electron chi connectivity index (χ1n) is 6.48. The lowest BCUT2D eigenvalue weighted by Gasteiger charge is -2.19. The first-order chi connectivity index (χ1) is 8.30. The molecule has 0 unspecified atom stereocenters. The fraction of sp³-hybridized carbons (Fsp3) is 0.600. The summed E-state index contributed by atoms with van der Waals surface area (Å²) in [5.41, 5.74) is 2.58. The van der Waals surface area contributed by atoms with E-state index in [4.69, 9.17) is 0 Å². The largest absolute Gasteiger partial charge is 0.346 e. The number of aromatic nitrogens is 1. The fourth-order valence-corrected chi connectivity index (χ4v) is 1.74. The zero-order valence-corrected chi connectivity index (χ0v) is 12.2. The maximum atomic E-state index is 11.1. The number of rotatable bonds is 4. The number of nitrogens with zero attached hydrogens (tertiary/aromatic N) is 2. The first kappa shape index (κ1) is 14.7. The third-order valence-corrected chi connectivity index (χ3v) is 3.15. The van der Waals surface area contributed by atoms with Crippen LogP contribution in [0.4, 0.5) is 0 Å². The zero-order chi connectivity index (χ0) is 13.8. The Hall–Kier alpha value is -1.38. The van der Waals surface area contributed by atoms with Crippen LogP contribution in [0.25, 0.3) is 0 Å². The van der Waals surface area contributed by atoms with Crippen molar-refractivity contribution in [3.8, 4) is 0 Å². The topological polar surface area (TPSA) is 33.2 Å². The molecule has 1 aromatic rings. The van der Waals surface area contributed by atoms with Gasteiger partial charge in [0.1, 0.15) is 0 Å². The smallest absolute Gasteiger partial charge is 0.219 e. The predicted octanol–water partition coefficient (Wildman–Crippen LogP) is 2.79. The average Bonchev–Trinajstić information content (AvgIpc) is 2.28. The van der Waals surface area contributed by atoms with Crippen LogP contribution in [0.15, 0.2) is 18.3 Å². The van der Waals surface area contributed by atoms with E-state index in [9.17, 15) is 4.79 Å². The summed E-state index contributed by atoms with van der Waals surface area (Å²) in [7, 11) is 1.83. The van der Waals surface area contributed by atoms with E-state index in [1.165, 1.54) is 5.56 Å². The van der Waals surface area contributed by atoms with Crippen molar-refractivity contribution in [3.63, 3.8) is 0 Å². The maximum Gasteiger partial charge on any atom is 0.219 e. The molecule has 0 N–H and O–H groups in total. The van der Waals surface area contributed by atoms with Gasteiger partial charge in [0.2, 0.25) is 5.91 Å². The van der Waals surface area contributed by atoms with Crippen molar-refractivity contribution >= 4 is 5.91 Å². The quantitative estimate of drug-likeness (QED) is 0.821. The molecule has 0 aliphatic carbocycles. The van der Waals surface area contributed by atoms with E-state index in [2.05, 4.69) is 37.9 Å². The van der Waals surface area contributed by atoms with Gasteiger partial charge in [0.15, 0.2) is 0 Å². The first-order valence-corrected chi connectivity index (χ1v) is 6.48. The number of carbonyl (C=O) groups excluding carboxylic acids is 1. The number of aryl methyl sites for hydroxylation is 1. The number of pyridine rings is 1. The Morgan fingerprint density at radius 3 is 2.61 bits per heavy atom. The Labute approximate surface area is 110 Å². The van der Waals surface area contributed by atoms with E-state index in [-0.39, 0.29) is 11.3 Å². The number of carbonyl (C=O) groups is 1. The Balaban J connectivity index is 2.56. The molecule has 0 saturated carbocycles. The van der Waals surface area contributed by atoms with Gasteiger partial charge >= 0.3 is 0 Å². The van der Waals surface area contributed by atoms with E-state index in [0.717, 1.165) is 25.1 Å². The van der Waals surface area contributed by atoms with Crippen LogP contribution in [-0.2, 0) is 16.6 Å². The van der Waals surface area contributed by atoms with Crippen LogP contribution in [0.1, 0.15) is 45.4 Å². The molecule has 0 atom stereocenters. The van der Waals surface area contributed by atoms with Crippen LogP contribution in [0, 0.1) is 0 Å². The molecule has 0 fully saturated rings. The summed E-state index contributed by atoms with van der Waals surface area (Å²) < 4.78 is 0. The summed E-state index contributed by atoms with van der Waals surface area (Å²) in [6.07, 6.45) is 3.75. The summed E-state index contributed by atoms with van der Waals surface area (Å²) in [5, 5.41) is 0. The van der Waals surface area contributed by atoms with Crippen molar-refractivity contribution in [3.05, 3.63) is 29.6 Å². The minimum Gasteiger partial charge on any atom is -0.346 e. The van der Waals surface area contributed by atoms with E-state index in [1.54, 1.807) is 11.8 Å². The van der Waals surface area contributed by atoms with Crippen molar-refractivity contribution in [2.24, 2.45) is 0 Å². The molecule has 100 valence electrons. The third kappa shape index (κ3) is 4.47. The highest BCUT2D eigenvalue weighted by Gasteiger charge is 2.14. The standard InChI is InChI=1S/C15H24N2O/c1-12(18)17(5)10-6-7-14-11-13(8-9-16-14)15(2,3)4/h8-9,11H,6-7,10H2,1-5H3. The van der Waals surface area contributed by atoms with Gasteiger partial charge in [-0.05, 0) is 36.0 Å². The summed E-state index contributed by atoms with van der Waals surface area (Å²) in [4.78, 5) is 17.2. The lowest BCUT2D eigenvalue weighted by molar-refractivity contribution is -0.127. The highest BCUT2D eigenvalue weighted by Crippen LogP contribution is 2.22. The summed E-state index contributed by atoms with van der Waals surface area (Å²) in [5.74, 6) is 0.117. The van der Waals surface area contributed by atoms with Crippen LogP contribution in [0.2, 0.25) is 0 Å². The van der Waals surface area contributed by atoms with Crippen LogP contribution in [-0.4, -0.2) is 29.4 Å². The molecule has 3 heteroatoms. The average molecular weight is 248 g/mol. The normalized spacial score (nSPS) is 11.4. The third-order valence-electron chi connectivity index (χ3n) is 3.15. The van der Waals surface area contributed by atoms with Crippen molar-refractivity contribution in [2.75, 3.05) is 13.6 Å². The second-order valence-electron chi connectivity index (χ2n) is 5.83. The minimum absolute atomic E-state index is 0.117. The molecule has 0 aromatic carbocycles. The highest BCUT2D eigenvalue weighted by atomic mass is 16.2. The molecule has 0 saturated heterocycles. The van der Waals surface area contributed by atoms with E-state index >= 15 is 0 Å². The van der Waals surface area contributed by atoms with Crippen molar-refractivity contribution in [1.82, 2.24) is 9.88 Å². The van der Waals surface area contributed by atoms with Crippen LogP contribution in [0.5, 0.6) is 0 Å². The number of hydrogen-bond acceptors (Lipinski definition) is 2. The summed E-state index contributed by atoms with van der Waals surface area (Å²) in [6.45, 7) is 9.00. The Morgan fingerprint density at radius 1 is 1.39 bits per heavy atom. The molecule has 0 aliphatic rings. The Kier molecular flexibility index (Phi) is 4.88. The zero-order valence-electron chi connectivity index (χ0n) is 12.2. The van der Waals surface area contributed by atoms with Gasteiger partial charge in [-0.1, -0.05) is 20.8 Å². The number of amides is 1. The van der Waals surface area contributed by atoms with Crippen LogP contribution < -0.4 is 0 Å². The molecule has 1 rings (SSSR count). The van der Waals surface area contributed by atoms with Gasteiger partial charge in [-0.2, -0.15) is 0 Å². The summed E-state index contributed by atoms with van der Waals surface area (Å²) in [6, 6.07) is 4.25. The van der Waals surface area contributed by atoms with Gasteiger partial charge in [0.05, 0.1) is 0 Å². The van der Waals surface area contributed by atoms with Crippen LogP contribution >= 0.6 is 0 Å². The maximum absolute atomic E-state index is 11.1. The van der Waals surface area contributed by atoms with E-state index in [1.807, 2.05) is 13.2 Å². The second-order valence-corrected chi connectivity index (χ2v) is 5.83. The summed E-state index contributed by atoms with van der Waals surface area (Å²) >= 11 is 0. The molecule has 18 heavy (non-hydrogen) atoms. The van der Waals surface area contributed by atoms with Crippen molar-refractivity contribution in [1.29, 1.82) is 0 Å². The van der Waals surface area contributed by atoms with E-state index < -0.39 is 0 Å². The van der Waals surface area contributed by atoms with E-state index in [0.29, 0.717) is 0 Å². The second kappa shape index (κ2) is 5.98. The molecule has 0 spiro atoms. The van der Waals surface area contributed by atoms with Gasteiger partial charge in [0, 0.05) is 32.4 Å². The molecular formula is C15H24N2O. The Bertz CT molecular complexity index is 407. The van der Waals surface area contributed by atoms with Gasteiger partial charge in [0.25, 0.3) is 0 Å². The minimum atomic E-state index is 0.117. The monoisotopic (exact) mass is 248 g/mol. The van der Waals surface area contributed by atoms with Gasteiger partial charge in [-0.25, -0.2) is 0 Å². The lowest BCUT2D eigenvalue weighted by atomic mass is 9.87. The molecule has 3 nitrogen and oxygen atoms in total. The molecule has 0 bridgehead atoms. The Morgan fingerprint density at radius 2 is 2.06 bits per heavy atom. The highest BCUT2D eigenvalue weighted by molar-refractivity contribution is 5.72. The number of hydrogen-bond donors (Lipinski definition) is 0. The molecule has 1 amide bonds. The fourth-order valence-electron chi connectivity index (χ4n) is 1.74. The van der Waals surface area contributed by atoms with Crippen molar-refractivity contribution in [2.45, 2.75) is 46.0 Å². The van der Waals surface area contributed by atoms with Crippen molar-refractivity contribution < 1.29 is 4.79 Å². The predicted molar refractivity (Wildman–Crippen MR) is 74.6 cm³/mol. The molecule has 0 radical (unpaired) electrons. The van der Waals surface area contributed by atoms with Gasteiger partial charge in [-0.3, -0.25) is 9.78 Å². The lowest BCUT2D eigenvalue weighted by Crippen LogP contribution is -2.25. The molecule has 1 heterocycles. The van der Waals surface area contributed by atoms with Gasteiger partial charge in [-0.15, -0.1) is 0 Å². The SMILES string of the molecule is CC(=O)N(C)CCCc1cc(C(C)(C)C)ccn1. The molecule has 0 aliphatic heterocycles. The van der Waals surface area contributed by atoms with Gasteiger partial charge < -0.3 is 4.90 Å². The molecular weight excluding hydrogens is 224 g/mol.